The molecular formula is C22H21F3N4O3. The third kappa shape index (κ3) is 5.49. The van der Waals surface area contributed by atoms with Gasteiger partial charge in [0.05, 0.1) is 14.2 Å². The Morgan fingerprint density at radius 2 is 1.94 bits per heavy atom. The largest absolute Gasteiger partial charge is 0.497 e. The normalized spacial score (nSPS) is 15.5. The van der Waals surface area contributed by atoms with Gasteiger partial charge in [-0.25, -0.2) is 9.97 Å². The molecule has 1 aromatic heterocycles. The number of rotatable bonds is 5. The van der Waals surface area contributed by atoms with Gasteiger partial charge in [0.15, 0.2) is 0 Å². The number of amides is 1. The molecule has 1 fully saturated rings. The van der Waals surface area contributed by atoms with Crippen molar-refractivity contribution >= 4 is 11.9 Å². The number of carbonyl (C=O) groups is 1. The number of anilines is 1. The Labute approximate surface area is 183 Å². The smallest absolute Gasteiger partial charge is 0.420 e. The Morgan fingerprint density at radius 1 is 1.25 bits per heavy atom. The summed E-state index contributed by atoms with van der Waals surface area (Å²) in [5.74, 6) is 5.88. The molecular weight excluding hydrogens is 425 g/mol. The third-order valence-electron chi connectivity index (χ3n) is 4.78. The average molecular weight is 446 g/mol. The fourth-order valence-electron chi connectivity index (χ4n) is 3.16. The van der Waals surface area contributed by atoms with Gasteiger partial charge in [0.1, 0.15) is 22.8 Å². The van der Waals surface area contributed by atoms with Crippen molar-refractivity contribution in [2.45, 2.75) is 18.6 Å². The number of carbonyl (C=O) groups excluding carboxylic acids is 1. The highest BCUT2D eigenvalue weighted by Gasteiger charge is 2.35. The summed E-state index contributed by atoms with van der Waals surface area (Å²) in [7, 11) is 2.92. The van der Waals surface area contributed by atoms with E-state index in [0.717, 1.165) is 0 Å². The summed E-state index contributed by atoms with van der Waals surface area (Å²) in [6.45, 7) is 4.33. The molecule has 32 heavy (non-hydrogen) atoms. The Hall–Kier alpha value is -3.74. The van der Waals surface area contributed by atoms with Crippen LogP contribution in [0.5, 0.6) is 11.5 Å². The summed E-state index contributed by atoms with van der Waals surface area (Å²) >= 11 is 0. The van der Waals surface area contributed by atoms with Crippen molar-refractivity contribution in [3.63, 3.8) is 0 Å². The van der Waals surface area contributed by atoms with E-state index in [1.807, 2.05) is 0 Å². The maximum atomic E-state index is 13.5. The van der Waals surface area contributed by atoms with Crippen LogP contribution in [-0.2, 0) is 11.0 Å². The zero-order valence-corrected chi connectivity index (χ0v) is 17.5. The van der Waals surface area contributed by atoms with Crippen LogP contribution in [-0.4, -0.2) is 54.1 Å². The molecule has 2 heterocycles. The molecule has 1 atom stereocenters. The Kier molecular flexibility index (Phi) is 6.88. The van der Waals surface area contributed by atoms with Crippen molar-refractivity contribution in [3.8, 4) is 23.3 Å². The number of benzene rings is 1. The fourth-order valence-corrected chi connectivity index (χ4v) is 3.16. The molecule has 168 valence electrons. The summed E-state index contributed by atoms with van der Waals surface area (Å²) in [5.41, 5.74) is -1.11. The second-order valence-corrected chi connectivity index (χ2v) is 6.92. The first-order chi connectivity index (χ1) is 15.2. The van der Waals surface area contributed by atoms with Crippen LogP contribution in [0.25, 0.3) is 0 Å². The van der Waals surface area contributed by atoms with Gasteiger partial charge in [-0.05, 0) is 30.6 Å². The summed E-state index contributed by atoms with van der Waals surface area (Å²) in [6.07, 6.45) is -2.14. The molecule has 1 aliphatic rings. The van der Waals surface area contributed by atoms with Gasteiger partial charge in [0, 0.05) is 37.0 Å². The lowest BCUT2D eigenvalue weighted by atomic mass is 10.1. The number of ether oxygens (including phenoxy) is 2. The maximum Gasteiger partial charge on any atom is 0.420 e. The Morgan fingerprint density at radius 3 is 2.53 bits per heavy atom. The molecule has 0 bridgehead atoms. The standard InChI is InChI=1S/C22H21F3N4O3/c1-4-20(30)29-8-7-15(13-29)27-21-26-12-18(22(23,24)25)19(28-21)6-5-14-9-16(31-2)11-17(10-14)32-3/h4,9-12,15H,1,7-8,13H2,2-3H3,(H,26,27,28)/t15-/m0/s1. The highest BCUT2D eigenvalue weighted by Crippen LogP contribution is 2.31. The molecule has 3 rings (SSSR count). The number of alkyl halides is 3. The number of likely N-dealkylation sites (tertiary alicyclic amines) is 1. The van der Waals surface area contributed by atoms with Crippen molar-refractivity contribution in [2.75, 3.05) is 32.6 Å². The van der Waals surface area contributed by atoms with E-state index in [9.17, 15) is 18.0 Å². The van der Waals surface area contributed by atoms with Gasteiger partial charge >= 0.3 is 6.18 Å². The predicted octanol–water partition coefficient (Wildman–Crippen LogP) is 3.11. The molecule has 1 aliphatic heterocycles. The first-order valence-corrected chi connectivity index (χ1v) is 9.60. The second kappa shape index (κ2) is 9.60. The molecule has 1 N–H and O–H groups in total. The van der Waals surface area contributed by atoms with Crippen molar-refractivity contribution in [1.29, 1.82) is 0 Å². The van der Waals surface area contributed by atoms with E-state index in [-0.39, 0.29) is 17.9 Å². The lowest BCUT2D eigenvalue weighted by Crippen LogP contribution is -2.30. The minimum Gasteiger partial charge on any atom is -0.497 e. The molecule has 1 aromatic carbocycles. The maximum absolute atomic E-state index is 13.5. The lowest BCUT2D eigenvalue weighted by molar-refractivity contribution is -0.138. The van der Waals surface area contributed by atoms with Crippen LogP contribution in [0.1, 0.15) is 23.2 Å². The van der Waals surface area contributed by atoms with E-state index < -0.39 is 17.4 Å². The minimum absolute atomic E-state index is 0.00317. The van der Waals surface area contributed by atoms with Gasteiger partial charge in [0.2, 0.25) is 11.9 Å². The summed E-state index contributed by atoms with van der Waals surface area (Å²) in [5, 5.41) is 2.98. The van der Waals surface area contributed by atoms with Crippen LogP contribution in [0.3, 0.4) is 0 Å². The van der Waals surface area contributed by atoms with E-state index in [0.29, 0.717) is 42.8 Å². The Balaban J connectivity index is 1.89. The predicted molar refractivity (Wildman–Crippen MR) is 111 cm³/mol. The van der Waals surface area contributed by atoms with Crippen LogP contribution < -0.4 is 14.8 Å². The summed E-state index contributed by atoms with van der Waals surface area (Å²) < 4.78 is 50.7. The molecule has 2 aromatic rings. The number of aromatic nitrogens is 2. The molecule has 0 unspecified atom stereocenters. The number of methoxy groups -OCH3 is 2. The van der Waals surface area contributed by atoms with E-state index >= 15 is 0 Å². The quantitative estimate of drug-likeness (QED) is 0.562. The monoisotopic (exact) mass is 446 g/mol. The van der Waals surface area contributed by atoms with Gasteiger partial charge < -0.3 is 19.7 Å². The molecule has 0 aliphatic carbocycles. The van der Waals surface area contributed by atoms with E-state index in [2.05, 4.69) is 33.7 Å². The van der Waals surface area contributed by atoms with Crippen molar-refractivity contribution in [2.24, 2.45) is 0 Å². The summed E-state index contributed by atoms with van der Waals surface area (Å²) in [6, 6.07) is 4.58. The third-order valence-corrected chi connectivity index (χ3v) is 4.78. The number of hydrogen-bond acceptors (Lipinski definition) is 6. The molecule has 7 nitrogen and oxygen atoms in total. The van der Waals surface area contributed by atoms with Gasteiger partial charge in [-0.15, -0.1) is 0 Å². The topological polar surface area (TPSA) is 76.6 Å². The minimum atomic E-state index is -4.67. The van der Waals surface area contributed by atoms with Crippen LogP contribution in [0.2, 0.25) is 0 Å². The SMILES string of the molecule is C=CC(=O)N1CC[C@H](Nc2ncc(C(F)(F)F)c(C#Cc3cc(OC)cc(OC)c3)n2)C1. The highest BCUT2D eigenvalue weighted by atomic mass is 19.4. The van der Waals surface area contributed by atoms with Gasteiger partial charge in [0.25, 0.3) is 0 Å². The molecule has 1 saturated heterocycles. The van der Waals surface area contributed by atoms with Gasteiger partial charge in [-0.1, -0.05) is 12.5 Å². The van der Waals surface area contributed by atoms with Gasteiger partial charge in [-0.3, -0.25) is 4.79 Å². The van der Waals surface area contributed by atoms with Crippen molar-refractivity contribution < 1.29 is 27.4 Å². The first kappa shape index (κ1) is 22.9. The first-order valence-electron chi connectivity index (χ1n) is 9.60. The van der Waals surface area contributed by atoms with Crippen molar-refractivity contribution in [1.82, 2.24) is 14.9 Å². The van der Waals surface area contributed by atoms with E-state index in [1.165, 1.54) is 20.3 Å². The zero-order chi connectivity index (χ0) is 23.3. The Bertz CT molecular complexity index is 1050. The molecule has 10 heteroatoms. The molecule has 0 radical (unpaired) electrons. The highest BCUT2D eigenvalue weighted by molar-refractivity contribution is 5.87. The molecule has 0 saturated carbocycles. The second-order valence-electron chi connectivity index (χ2n) is 6.92. The number of halogens is 3. The molecule has 0 spiro atoms. The molecule has 1 amide bonds. The van der Waals surface area contributed by atoms with E-state index in [4.69, 9.17) is 9.47 Å². The van der Waals surface area contributed by atoms with Crippen LogP contribution in [0.15, 0.2) is 37.1 Å². The zero-order valence-electron chi connectivity index (χ0n) is 17.5. The lowest BCUT2D eigenvalue weighted by Gasteiger charge is -2.16. The number of nitrogens with one attached hydrogen (secondary N) is 1. The number of hydrogen-bond donors (Lipinski definition) is 1. The number of nitrogens with zero attached hydrogens (tertiary/aromatic N) is 3. The van der Waals surface area contributed by atoms with Crippen LogP contribution in [0.4, 0.5) is 19.1 Å². The average Bonchev–Trinajstić information content (AvgIpc) is 3.24. The van der Waals surface area contributed by atoms with E-state index in [1.54, 1.807) is 23.1 Å². The van der Waals surface area contributed by atoms with Gasteiger partial charge in [-0.2, -0.15) is 13.2 Å². The van der Waals surface area contributed by atoms with Crippen molar-refractivity contribution in [3.05, 3.63) is 53.9 Å². The van der Waals surface area contributed by atoms with Crippen LogP contribution >= 0.6 is 0 Å². The van der Waals surface area contributed by atoms with Crippen LogP contribution in [0, 0.1) is 11.8 Å². The fraction of sp³-hybridized carbons (Fsp3) is 0.318. The summed E-state index contributed by atoms with van der Waals surface area (Å²) in [4.78, 5) is 21.1.